The van der Waals surface area contributed by atoms with E-state index in [1.807, 2.05) is 4.90 Å². The Morgan fingerprint density at radius 2 is 1.66 bits per heavy atom. The van der Waals surface area contributed by atoms with Gasteiger partial charge in [-0.3, -0.25) is 29.0 Å². The lowest BCUT2D eigenvalue weighted by molar-refractivity contribution is -0.149. The van der Waals surface area contributed by atoms with Gasteiger partial charge >= 0.3 is 6.09 Å². The second-order valence-corrected chi connectivity index (χ2v) is 7.31. The number of amides is 5. The van der Waals surface area contributed by atoms with Crippen LogP contribution < -0.4 is 4.90 Å². The third kappa shape index (κ3) is 3.00. The van der Waals surface area contributed by atoms with Gasteiger partial charge in [-0.25, -0.2) is 4.79 Å². The summed E-state index contributed by atoms with van der Waals surface area (Å²) in [4.78, 5) is 66.2. The predicted octanol–water partition coefficient (Wildman–Crippen LogP) is 0.230. The van der Waals surface area contributed by atoms with Crippen molar-refractivity contribution in [1.29, 1.82) is 0 Å². The average molecular weight is 400 g/mol. The Kier molecular flexibility index (Phi) is 4.48. The molecule has 0 saturated carbocycles. The molecule has 2 saturated heterocycles. The smallest absolute Gasteiger partial charge is 0.407 e. The number of likely N-dealkylation sites (tertiary alicyclic amines) is 1. The summed E-state index contributed by atoms with van der Waals surface area (Å²) in [5.41, 5.74) is 1.18. The van der Waals surface area contributed by atoms with Gasteiger partial charge in [0.05, 0.1) is 11.1 Å². The number of benzene rings is 1. The normalized spacial score (nSPS) is 22.4. The quantitative estimate of drug-likeness (QED) is 0.706. The third-order valence-corrected chi connectivity index (χ3v) is 5.75. The van der Waals surface area contributed by atoms with Crippen molar-refractivity contribution in [3.05, 3.63) is 29.3 Å². The lowest BCUT2D eigenvalue weighted by Crippen LogP contribution is -2.54. The van der Waals surface area contributed by atoms with Crippen LogP contribution in [-0.4, -0.2) is 88.8 Å². The molecule has 1 aromatic carbocycles. The van der Waals surface area contributed by atoms with Crippen LogP contribution in [0.3, 0.4) is 0 Å². The fourth-order valence-electron chi connectivity index (χ4n) is 4.02. The van der Waals surface area contributed by atoms with Crippen LogP contribution in [0.5, 0.6) is 0 Å². The van der Waals surface area contributed by atoms with Gasteiger partial charge in [-0.15, -0.1) is 0 Å². The number of carbonyl (C=O) groups excluding carboxylic acids is 4. The molecule has 1 atom stereocenters. The van der Waals surface area contributed by atoms with Crippen molar-refractivity contribution in [2.75, 3.05) is 38.1 Å². The minimum Gasteiger partial charge on any atom is -0.465 e. The molecule has 2 fully saturated rings. The van der Waals surface area contributed by atoms with Crippen molar-refractivity contribution in [3.63, 3.8) is 0 Å². The van der Waals surface area contributed by atoms with Crippen LogP contribution in [0.15, 0.2) is 18.2 Å². The molecule has 152 valence electrons. The number of carbonyl (C=O) groups is 5. The Morgan fingerprint density at radius 3 is 2.31 bits per heavy atom. The van der Waals surface area contributed by atoms with E-state index in [1.165, 1.54) is 11.9 Å². The van der Waals surface area contributed by atoms with E-state index in [4.69, 9.17) is 5.11 Å². The largest absolute Gasteiger partial charge is 0.465 e. The maximum absolute atomic E-state index is 13.0. The lowest BCUT2D eigenvalue weighted by atomic mass is 10.0. The van der Waals surface area contributed by atoms with E-state index < -0.39 is 29.9 Å². The predicted molar refractivity (Wildman–Crippen MR) is 99.6 cm³/mol. The number of nitrogens with zero attached hydrogens (tertiary/aromatic N) is 4. The number of piperidine rings is 1. The van der Waals surface area contributed by atoms with Crippen molar-refractivity contribution >= 4 is 35.4 Å². The zero-order valence-corrected chi connectivity index (χ0v) is 15.8. The molecule has 0 aromatic heterocycles. The summed E-state index contributed by atoms with van der Waals surface area (Å²) in [6.45, 7) is 1.65. The molecule has 0 bridgehead atoms. The van der Waals surface area contributed by atoms with Gasteiger partial charge < -0.3 is 14.9 Å². The zero-order chi connectivity index (χ0) is 20.9. The van der Waals surface area contributed by atoms with Crippen LogP contribution in [0.25, 0.3) is 0 Å². The molecule has 5 amide bonds. The summed E-state index contributed by atoms with van der Waals surface area (Å²) in [6.07, 6.45) is -0.743. The molecule has 0 radical (unpaired) electrons. The highest BCUT2D eigenvalue weighted by molar-refractivity contribution is 6.23. The molecule has 3 aliphatic rings. The van der Waals surface area contributed by atoms with Crippen LogP contribution >= 0.6 is 0 Å². The zero-order valence-electron chi connectivity index (χ0n) is 15.8. The van der Waals surface area contributed by atoms with Crippen LogP contribution in [0.1, 0.15) is 33.6 Å². The number of hydrogen-bond acceptors (Lipinski definition) is 6. The molecule has 3 aliphatic heterocycles. The van der Waals surface area contributed by atoms with Crippen LogP contribution in [0.4, 0.5) is 10.5 Å². The topological polar surface area (TPSA) is 119 Å². The minimum absolute atomic E-state index is 0.0966. The maximum Gasteiger partial charge on any atom is 0.407 e. The summed E-state index contributed by atoms with van der Waals surface area (Å²) in [5, 5.41) is 9.06. The maximum atomic E-state index is 13.0. The van der Waals surface area contributed by atoms with Crippen LogP contribution in [-0.2, 0) is 9.59 Å². The highest BCUT2D eigenvalue weighted by atomic mass is 16.4. The molecular weight excluding hydrogens is 380 g/mol. The van der Waals surface area contributed by atoms with E-state index in [-0.39, 0.29) is 29.9 Å². The summed E-state index contributed by atoms with van der Waals surface area (Å²) in [6, 6.07) is 3.93. The summed E-state index contributed by atoms with van der Waals surface area (Å²) in [5.74, 6) is -1.96. The Hall–Kier alpha value is -3.43. The van der Waals surface area contributed by atoms with Crippen LogP contribution in [0, 0.1) is 0 Å². The number of likely N-dealkylation sites (N-methyl/N-ethyl adjacent to an activating group) is 1. The van der Waals surface area contributed by atoms with Crippen molar-refractivity contribution in [3.8, 4) is 0 Å². The summed E-state index contributed by atoms with van der Waals surface area (Å²) in [7, 11) is 1.35. The number of carboxylic acid groups (broad SMARTS) is 1. The monoisotopic (exact) mass is 400 g/mol. The number of fused-ring (bicyclic) bond motifs is 1. The number of rotatable bonds is 2. The average Bonchev–Trinajstić information content (AvgIpc) is 2.96. The fourth-order valence-corrected chi connectivity index (χ4v) is 4.02. The number of piperazine rings is 1. The summed E-state index contributed by atoms with van der Waals surface area (Å²) < 4.78 is 0. The number of hydrogen-bond donors (Lipinski definition) is 1. The first-order valence-electron chi connectivity index (χ1n) is 9.34. The van der Waals surface area contributed by atoms with Crippen molar-refractivity contribution in [2.24, 2.45) is 0 Å². The Labute approximate surface area is 166 Å². The van der Waals surface area contributed by atoms with Crippen LogP contribution in [0.2, 0.25) is 0 Å². The lowest BCUT2D eigenvalue weighted by Gasteiger charge is -2.34. The van der Waals surface area contributed by atoms with Crippen molar-refractivity contribution in [2.45, 2.75) is 18.9 Å². The SMILES string of the molecule is CN1C(=O)CCC(N2C(=O)c3ccc(N4CCN(C(=O)O)CC4)cc3C2=O)C1=O. The molecular formula is C19H20N4O6. The molecule has 10 heteroatoms. The Morgan fingerprint density at radius 1 is 1.00 bits per heavy atom. The molecule has 3 heterocycles. The molecule has 1 N–H and O–H groups in total. The molecule has 0 aliphatic carbocycles. The molecule has 1 unspecified atom stereocenters. The van der Waals surface area contributed by atoms with Gasteiger partial charge in [-0.2, -0.15) is 0 Å². The van der Waals surface area contributed by atoms with Gasteiger partial charge in [0.1, 0.15) is 6.04 Å². The van der Waals surface area contributed by atoms with E-state index in [9.17, 15) is 24.0 Å². The highest BCUT2D eigenvalue weighted by Crippen LogP contribution is 2.31. The third-order valence-electron chi connectivity index (χ3n) is 5.75. The first-order valence-corrected chi connectivity index (χ1v) is 9.34. The second-order valence-electron chi connectivity index (χ2n) is 7.31. The number of anilines is 1. The van der Waals surface area contributed by atoms with Gasteiger partial charge in [0.15, 0.2) is 0 Å². The Balaban J connectivity index is 1.56. The Bertz CT molecular complexity index is 937. The van der Waals surface area contributed by atoms with E-state index in [1.54, 1.807) is 18.2 Å². The molecule has 29 heavy (non-hydrogen) atoms. The fraction of sp³-hybridized carbons (Fsp3) is 0.421. The van der Waals surface area contributed by atoms with E-state index in [0.717, 1.165) is 15.5 Å². The summed E-state index contributed by atoms with van der Waals surface area (Å²) >= 11 is 0. The minimum atomic E-state index is -0.979. The first-order chi connectivity index (χ1) is 13.8. The van der Waals surface area contributed by atoms with E-state index in [2.05, 4.69) is 0 Å². The van der Waals surface area contributed by atoms with Gasteiger partial charge in [0.2, 0.25) is 5.91 Å². The van der Waals surface area contributed by atoms with Crippen molar-refractivity contribution in [1.82, 2.24) is 14.7 Å². The molecule has 10 nitrogen and oxygen atoms in total. The highest BCUT2D eigenvalue weighted by Gasteiger charge is 2.46. The van der Waals surface area contributed by atoms with E-state index in [0.29, 0.717) is 26.2 Å². The van der Waals surface area contributed by atoms with Gasteiger partial charge in [0, 0.05) is 45.3 Å². The second kappa shape index (κ2) is 6.87. The number of imide groups is 2. The van der Waals surface area contributed by atoms with Gasteiger partial charge in [-0.05, 0) is 24.6 Å². The molecule has 4 rings (SSSR count). The molecule has 0 spiro atoms. The van der Waals surface area contributed by atoms with Gasteiger partial charge in [-0.1, -0.05) is 0 Å². The van der Waals surface area contributed by atoms with Crippen molar-refractivity contribution < 1.29 is 29.1 Å². The standard InChI is InChI=1S/C19H20N4O6/c1-20-15(24)5-4-14(18(20)27)23-16(25)12-3-2-11(10-13(12)17(23)26)21-6-8-22(9-7-21)19(28)29/h2-3,10,14H,4-9H2,1H3,(H,28,29). The first kappa shape index (κ1) is 18.9. The van der Waals surface area contributed by atoms with Gasteiger partial charge in [0.25, 0.3) is 17.7 Å². The molecule has 1 aromatic rings. The van der Waals surface area contributed by atoms with E-state index >= 15 is 0 Å².